The normalized spacial score (nSPS) is 22.2. The van der Waals surface area contributed by atoms with Gasteiger partial charge in [-0.05, 0) is 73.6 Å². The Kier molecular flexibility index (Phi) is 5.99. The molecule has 0 unspecified atom stereocenters. The third-order valence-electron chi connectivity index (χ3n) is 6.57. The maximum atomic E-state index is 14.4. The van der Waals surface area contributed by atoms with Crippen LogP contribution in [0.4, 0.5) is 8.78 Å². The summed E-state index contributed by atoms with van der Waals surface area (Å²) in [6, 6.07) is 11.1. The summed E-state index contributed by atoms with van der Waals surface area (Å²) >= 11 is 0. The second-order valence-electron chi connectivity index (χ2n) is 8.53. The first-order valence-electron chi connectivity index (χ1n) is 10.9. The molecule has 2 aliphatic rings. The second kappa shape index (κ2) is 8.63. The molecule has 0 bridgehead atoms. The summed E-state index contributed by atoms with van der Waals surface area (Å²) in [6.45, 7) is 2.07. The highest BCUT2D eigenvalue weighted by molar-refractivity contribution is 5.65. The molecule has 2 aromatic carbocycles. The number of hydrogen-bond donors (Lipinski definition) is 0. The van der Waals surface area contributed by atoms with E-state index in [4.69, 9.17) is 4.74 Å². The first-order chi connectivity index (χ1) is 13.7. The summed E-state index contributed by atoms with van der Waals surface area (Å²) < 4.78 is 33.7. The number of ether oxygens (including phenoxy) is 1. The minimum absolute atomic E-state index is 0.0289. The van der Waals surface area contributed by atoms with Gasteiger partial charge in [-0.3, -0.25) is 0 Å². The van der Waals surface area contributed by atoms with Gasteiger partial charge in [0.2, 0.25) is 5.82 Å². The lowest BCUT2D eigenvalue weighted by Crippen LogP contribution is -2.13. The quantitative estimate of drug-likeness (QED) is 0.480. The van der Waals surface area contributed by atoms with Crippen LogP contribution in [-0.4, -0.2) is 6.61 Å². The van der Waals surface area contributed by atoms with Gasteiger partial charge in [-0.1, -0.05) is 49.9 Å². The van der Waals surface area contributed by atoms with Crippen molar-refractivity contribution in [2.24, 2.45) is 11.8 Å². The van der Waals surface area contributed by atoms with Crippen molar-refractivity contribution in [2.45, 2.75) is 64.2 Å². The Morgan fingerprint density at radius 1 is 0.786 bits per heavy atom. The Labute approximate surface area is 167 Å². The lowest BCUT2D eigenvalue weighted by Gasteiger charge is -2.29. The van der Waals surface area contributed by atoms with E-state index in [1.54, 1.807) is 13.0 Å². The molecule has 0 heterocycles. The highest BCUT2D eigenvalue weighted by atomic mass is 19.2. The number of rotatable bonds is 7. The van der Waals surface area contributed by atoms with Crippen molar-refractivity contribution in [3.8, 4) is 16.9 Å². The summed E-state index contributed by atoms with van der Waals surface area (Å²) in [5.41, 5.74) is 2.33. The van der Waals surface area contributed by atoms with Gasteiger partial charge in [-0.15, -0.1) is 0 Å². The Balaban J connectivity index is 1.39. The topological polar surface area (TPSA) is 9.23 Å². The Morgan fingerprint density at radius 3 is 1.96 bits per heavy atom. The van der Waals surface area contributed by atoms with Crippen LogP contribution in [0.1, 0.15) is 69.8 Å². The van der Waals surface area contributed by atoms with Crippen molar-refractivity contribution in [3.05, 3.63) is 53.6 Å². The summed E-state index contributed by atoms with van der Waals surface area (Å²) in [5, 5.41) is 0. The average molecular weight is 385 g/mol. The number of halogens is 2. The van der Waals surface area contributed by atoms with Crippen LogP contribution in [0.2, 0.25) is 0 Å². The number of benzene rings is 2. The maximum absolute atomic E-state index is 14.4. The molecule has 0 atom stereocenters. The first kappa shape index (κ1) is 19.4. The van der Waals surface area contributed by atoms with E-state index in [0.717, 1.165) is 11.8 Å². The summed E-state index contributed by atoms with van der Waals surface area (Å²) in [5.74, 6) is 0.782. The van der Waals surface area contributed by atoms with Crippen LogP contribution in [0.5, 0.6) is 5.75 Å². The van der Waals surface area contributed by atoms with Gasteiger partial charge in [0.05, 0.1) is 6.61 Å². The fraction of sp³-hybridized carbons (Fsp3) is 0.520. The summed E-state index contributed by atoms with van der Waals surface area (Å²) in [7, 11) is 0. The van der Waals surface area contributed by atoms with E-state index in [0.29, 0.717) is 18.1 Å². The van der Waals surface area contributed by atoms with Gasteiger partial charge >= 0.3 is 0 Å². The monoisotopic (exact) mass is 384 g/mol. The molecule has 0 aromatic heterocycles. The number of hydrogen-bond acceptors (Lipinski definition) is 1. The van der Waals surface area contributed by atoms with Gasteiger partial charge in [0.1, 0.15) is 0 Å². The zero-order valence-corrected chi connectivity index (χ0v) is 16.7. The molecule has 0 N–H and O–H groups in total. The van der Waals surface area contributed by atoms with Gasteiger partial charge in [0.25, 0.3) is 0 Å². The van der Waals surface area contributed by atoms with E-state index in [-0.39, 0.29) is 11.3 Å². The van der Waals surface area contributed by atoms with E-state index >= 15 is 0 Å². The molecular weight excluding hydrogens is 354 g/mol. The highest BCUT2D eigenvalue weighted by Gasteiger charge is 2.26. The molecule has 2 fully saturated rings. The largest absolute Gasteiger partial charge is 0.491 e. The molecule has 1 nitrogen and oxygen atoms in total. The molecule has 2 saturated carbocycles. The van der Waals surface area contributed by atoms with Crippen LogP contribution in [-0.2, 0) is 0 Å². The van der Waals surface area contributed by atoms with E-state index in [9.17, 15) is 8.78 Å². The van der Waals surface area contributed by atoms with Crippen molar-refractivity contribution < 1.29 is 13.5 Å². The predicted molar refractivity (Wildman–Crippen MR) is 110 cm³/mol. The van der Waals surface area contributed by atoms with Crippen LogP contribution >= 0.6 is 0 Å². The Morgan fingerprint density at radius 2 is 1.39 bits per heavy atom. The fourth-order valence-electron chi connectivity index (χ4n) is 4.62. The molecule has 2 aliphatic carbocycles. The van der Waals surface area contributed by atoms with Gasteiger partial charge < -0.3 is 4.74 Å². The minimum Gasteiger partial charge on any atom is -0.491 e. The molecule has 0 aliphatic heterocycles. The summed E-state index contributed by atoms with van der Waals surface area (Å²) in [6.07, 6.45) is 10.9. The van der Waals surface area contributed by atoms with Crippen LogP contribution in [0, 0.1) is 23.5 Å². The van der Waals surface area contributed by atoms with E-state index < -0.39 is 11.6 Å². The Bertz CT molecular complexity index is 787. The average Bonchev–Trinajstić information content (AvgIpc) is 3.55. The van der Waals surface area contributed by atoms with Crippen molar-refractivity contribution in [1.29, 1.82) is 0 Å². The molecule has 0 spiro atoms. The predicted octanol–water partition coefficient (Wildman–Crippen LogP) is 7.49. The highest BCUT2D eigenvalue weighted by Crippen LogP contribution is 2.41. The van der Waals surface area contributed by atoms with Crippen LogP contribution < -0.4 is 4.74 Å². The fourth-order valence-corrected chi connectivity index (χ4v) is 4.62. The van der Waals surface area contributed by atoms with Crippen LogP contribution in [0.15, 0.2) is 36.4 Å². The SMILES string of the molecule is CCOc1ccc(-c2ccc(C3CCC(CCC4CC4)CC3)cc2)c(F)c1F. The van der Waals surface area contributed by atoms with Gasteiger partial charge in [0, 0.05) is 5.56 Å². The third kappa shape index (κ3) is 4.39. The molecule has 0 saturated heterocycles. The van der Waals surface area contributed by atoms with Crippen molar-refractivity contribution in [2.75, 3.05) is 6.61 Å². The first-order valence-corrected chi connectivity index (χ1v) is 10.9. The molecule has 2 aromatic rings. The minimum atomic E-state index is -0.909. The smallest absolute Gasteiger partial charge is 0.201 e. The standard InChI is InChI=1S/C25H30F2O/c1-2-28-23-16-15-22(24(26)25(23)27)21-13-11-20(12-14-21)19-9-7-18(8-10-19)6-5-17-3-4-17/h11-19H,2-10H2,1H3. The van der Waals surface area contributed by atoms with E-state index in [2.05, 4.69) is 12.1 Å². The molecule has 28 heavy (non-hydrogen) atoms. The van der Waals surface area contributed by atoms with Gasteiger partial charge in [-0.25, -0.2) is 4.39 Å². The maximum Gasteiger partial charge on any atom is 0.201 e. The third-order valence-corrected chi connectivity index (χ3v) is 6.57. The van der Waals surface area contributed by atoms with Crippen molar-refractivity contribution >= 4 is 0 Å². The molecule has 0 radical (unpaired) electrons. The van der Waals surface area contributed by atoms with E-state index in [1.807, 2.05) is 12.1 Å². The Hall–Kier alpha value is -1.90. The lowest BCUT2D eigenvalue weighted by atomic mass is 9.77. The zero-order valence-electron chi connectivity index (χ0n) is 16.7. The van der Waals surface area contributed by atoms with Crippen LogP contribution in [0.25, 0.3) is 11.1 Å². The van der Waals surface area contributed by atoms with Gasteiger partial charge in [-0.2, -0.15) is 4.39 Å². The van der Waals surface area contributed by atoms with Crippen molar-refractivity contribution in [3.63, 3.8) is 0 Å². The molecule has 0 amide bonds. The van der Waals surface area contributed by atoms with E-state index in [1.165, 1.54) is 63.0 Å². The lowest BCUT2D eigenvalue weighted by molar-refractivity contribution is 0.301. The molecular formula is C25H30F2O. The molecule has 3 heteroatoms. The molecule has 4 rings (SSSR count). The second-order valence-corrected chi connectivity index (χ2v) is 8.53. The molecule has 150 valence electrons. The van der Waals surface area contributed by atoms with Gasteiger partial charge in [0.15, 0.2) is 11.6 Å². The van der Waals surface area contributed by atoms with Crippen LogP contribution in [0.3, 0.4) is 0 Å². The van der Waals surface area contributed by atoms with Crippen molar-refractivity contribution in [1.82, 2.24) is 0 Å². The summed E-state index contributed by atoms with van der Waals surface area (Å²) in [4.78, 5) is 0. The zero-order chi connectivity index (χ0) is 19.5.